The number of rotatable bonds is 5. The van der Waals surface area contributed by atoms with Crippen molar-refractivity contribution in [2.45, 2.75) is 6.42 Å². The number of aromatic nitrogens is 2. The predicted octanol–water partition coefficient (Wildman–Crippen LogP) is 4.21. The number of halogens is 1. The zero-order valence-electron chi connectivity index (χ0n) is 15.6. The average Bonchev–Trinajstić information content (AvgIpc) is 2.74. The molecule has 30 heavy (non-hydrogen) atoms. The number of carbonyl (C=O) groups excluding carboxylic acids is 1. The van der Waals surface area contributed by atoms with E-state index in [2.05, 4.69) is 25.9 Å². The summed E-state index contributed by atoms with van der Waals surface area (Å²) in [5, 5.41) is 9.53. The predicted molar refractivity (Wildman–Crippen MR) is 116 cm³/mol. The maximum absolute atomic E-state index is 13.0. The Hall–Kier alpha value is -3.58. The fourth-order valence-corrected chi connectivity index (χ4v) is 3.63. The fourth-order valence-electron chi connectivity index (χ4n) is 3.25. The van der Waals surface area contributed by atoms with E-state index in [1.165, 1.54) is 30.5 Å². The zero-order chi connectivity index (χ0) is 21.3. The smallest absolute Gasteiger partial charge is 0.335 e. The van der Waals surface area contributed by atoms with Crippen LogP contribution in [0.5, 0.6) is 0 Å². The first-order valence-electron chi connectivity index (χ1n) is 9.06. The van der Waals surface area contributed by atoms with Gasteiger partial charge in [0.05, 0.1) is 11.1 Å². The van der Waals surface area contributed by atoms with Gasteiger partial charge in [0, 0.05) is 34.8 Å². The summed E-state index contributed by atoms with van der Waals surface area (Å²) in [5.41, 5.74) is 2.04. The first kappa shape index (κ1) is 19.7. The number of benzene rings is 2. The number of nitrogens with zero attached hydrogens (tertiary/aromatic N) is 1. The van der Waals surface area contributed by atoms with Crippen molar-refractivity contribution < 1.29 is 14.7 Å². The Labute approximate surface area is 179 Å². The number of pyridine rings is 2. The van der Waals surface area contributed by atoms with Gasteiger partial charge in [0.15, 0.2) is 5.78 Å². The van der Waals surface area contributed by atoms with E-state index in [1.54, 1.807) is 12.1 Å². The van der Waals surface area contributed by atoms with E-state index in [0.29, 0.717) is 17.3 Å². The number of nitrogens with one attached hydrogen (secondary N) is 1. The number of carbonyl (C=O) groups is 2. The van der Waals surface area contributed by atoms with Gasteiger partial charge in [-0.05, 0) is 57.9 Å². The molecule has 0 spiro atoms. The highest BCUT2D eigenvalue weighted by Crippen LogP contribution is 2.17. The number of carboxylic acid groups (broad SMARTS) is 1. The molecular formula is C23H15BrN2O4. The number of ketones is 1. The molecule has 0 aliphatic carbocycles. The van der Waals surface area contributed by atoms with Crippen LogP contribution < -0.4 is 5.43 Å². The van der Waals surface area contributed by atoms with Crippen LogP contribution in [-0.2, 0) is 6.42 Å². The minimum Gasteiger partial charge on any atom is -0.478 e. The van der Waals surface area contributed by atoms with Crippen molar-refractivity contribution in [3.8, 4) is 0 Å². The number of aromatic amines is 1. The number of hydrogen-bond acceptors (Lipinski definition) is 4. The van der Waals surface area contributed by atoms with Crippen LogP contribution in [-0.4, -0.2) is 26.8 Å². The maximum Gasteiger partial charge on any atom is 0.335 e. The largest absolute Gasteiger partial charge is 0.478 e. The SMILES string of the molecule is O=C(O)c1cccc(C(=O)c2c[nH]c3ccc(Cc4cccc(Br)n4)cc3c2=O)c1. The van der Waals surface area contributed by atoms with Gasteiger partial charge in [0.25, 0.3) is 0 Å². The number of H-pyrrole nitrogens is 1. The minimum absolute atomic E-state index is 0.0122. The normalized spacial score (nSPS) is 10.8. The molecule has 4 rings (SSSR count). The number of fused-ring (bicyclic) bond motifs is 1. The topological polar surface area (TPSA) is 100 Å². The molecular weight excluding hydrogens is 448 g/mol. The van der Waals surface area contributed by atoms with Crippen LogP contribution in [0.1, 0.15) is 37.5 Å². The van der Waals surface area contributed by atoms with Crippen LogP contribution in [0.15, 0.2) is 76.3 Å². The highest BCUT2D eigenvalue weighted by atomic mass is 79.9. The van der Waals surface area contributed by atoms with Gasteiger partial charge < -0.3 is 10.1 Å². The van der Waals surface area contributed by atoms with Crippen LogP contribution in [0.2, 0.25) is 0 Å². The Balaban J connectivity index is 1.74. The van der Waals surface area contributed by atoms with Crippen LogP contribution in [0.4, 0.5) is 0 Å². The van der Waals surface area contributed by atoms with Crippen LogP contribution in [0, 0.1) is 0 Å². The van der Waals surface area contributed by atoms with E-state index in [1.807, 2.05) is 24.3 Å². The molecule has 2 aromatic carbocycles. The van der Waals surface area contributed by atoms with Crippen molar-refractivity contribution in [3.63, 3.8) is 0 Å². The number of hydrogen-bond donors (Lipinski definition) is 2. The lowest BCUT2D eigenvalue weighted by molar-refractivity contribution is 0.0697. The van der Waals surface area contributed by atoms with Crippen LogP contribution in [0.25, 0.3) is 10.9 Å². The van der Waals surface area contributed by atoms with Gasteiger partial charge >= 0.3 is 5.97 Å². The van der Waals surface area contributed by atoms with Crippen molar-refractivity contribution in [2.75, 3.05) is 0 Å². The lowest BCUT2D eigenvalue weighted by atomic mass is 9.99. The number of carboxylic acids is 1. The molecule has 0 aliphatic heterocycles. The highest BCUT2D eigenvalue weighted by Gasteiger charge is 2.17. The average molecular weight is 463 g/mol. The Morgan fingerprint density at radius 2 is 1.77 bits per heavy atom. The van der Waals surface area contributed by atoms with E-state index in [4.69, 9.17) is 5.11 Å². The first-order chi connectivity index (χ1) is 14.4. The monoisotopic (exact) mass is 462 g/mol. The molecule has 4 aromatic rings. The molecule has 2 aromatic heterocycles. The molecule has 0 unspecified atom stereocenters. The molecule has 2 N–H and O–H groups in total. The molecule has 0 radical (unpaired) electrons. The molecule has 0 atom stereocenters. The van der Waals surface area contributed by atoms with Crippen LogP contribution in [0.3, 0.4) is 0 Å². The summed E-state index contributed by atoms with van der Waals surface area (Å²) in [4.78, 5) is 44.5. The quantitative estimate of drug-likeness (QED) is 0.341. The molecule has 6 nitrogen and oxygen atoms in total. The number of aromatic carboxylic acids is 1. The van der Waals surface area contributed by atoms with E-state index in [9.17, 15) is 14.4 Å². The molecule has 7 heteroatoms. The maximum atomic E-state index is 13.0. The van der Waals surface area contributed by atoms with Crippen molar-refractivity contribution in [3.05, 3.63) is 110 Å². The Kier molecular flexibility index (Phi) is 5.29. The summed E-state index contributed by atoms with van der Waals surface area (Å²) in [7, 11) is 0. The third kappa shape index (κ3) is 3.92. The van der Waals surface area contributed by atoms with Crippen molar-refractivity contribution >= 4 is 38.6 Å². The Bertz CT molecular complexity index is 1360. The summed E-state index contributed by atoms with van der Waals surface area (Å²) in [6.07, 6.45) is 1.91. The van der Waals surface area contributed by atoms with Gasteiger partial charge in [0.1, 0.15) is 4.60 Å². The zero-order valence-corrected chi connectivity index (χ0v) is 17.1. The Morgan fingerprint density at radius 1 is 1.00 bits per heavy atom. The lowest BCUT2D eigenvalue weighted by Crippen LogP contribution is -2.17. The second-order valence-corrected chi connectivity index (χ2v) is 7.57. The second-order valence-electron chi connectivity index (χ2n) is 6.75. The van der Waals surface area contributed by atoms with Crippen molar-refractivity contribution in [1.29, 1.82) is 0 Å². The van der Waals surface area contributed by atoms with Gasteiger partial charge in [-0.15, -0.1) is 0 Å². The van der Waals surface area contributed by atoms with Gasteiger partial charge in [-0.25, -0.2) is 9.78 Å². The molecule has 0 amide bonds. The molecule has 0 aliphatic rings. The van der Waals surface area contributed by atoms with Gasteiger partial charge in [-0.2, -0.15) is 0 Å². The molecule has 148 valence electrons. The van der Waals surface area contributed by atoms with Crippen molar-refractivity contribution in [1.82, 2.24) is 9.97 Å². The summed E-state index contributed by atoms with van der Waals surface area (Å²) in [5.74, 6) is -1.66. The second kappa shape index (κ2) is 8.04. The molecule has 2 heterocycles. The summed E-state index contributed by atoms with van der Waals surface area (Å²) in [6, 6.07) is 16.7. The van der Waals surface area contributed by atoms with Gasteiger partial charge in [0.2, 0.25) is 5.43 Å². The summed E-state index contributed by atoms with van der Waals surface area (Å²) in [6.45, 7) is 0. The van der Waals surface area contributed by atoms with Gasteiger partial charge in [-0.1, -0.05) is 24.3 Å². The summed E-state index contributed by atoms with van der Waals surface area (Å²) < 4.78 is 0.732. The lowest BCUT2D eigenvalue weighted by Gasteiger charge is -2.07. The van der Waals surface area contributed by atoms with Crippen molar-refractivity contribution in [2.24, 2.45) is 0 Å². The molecule has 0 bridgehead atoms. The Morgan fingerprint density at radius 3 is 2.53 bits per heavy atom. The molecule has 0 saturated carbocycles. The third-order valence-corrected chi connectivity index (χ3v) is 5.16. The first-order valence-corrected chi connectivity index (χ1v) is 9.85. The van der Waals surface area contributed by atoms with Crippen LogP contribution >= 0.6 is 15.9 Å². The molecule has 0 fully saturated rings. The fraction of sp³-hybridized carbons (Fsp3) is 0.0435. The molecule has 0 saturated heterocycles. The van der Waals surface area contributed by atoms with E-state index < -0.39 is 17.2 Å². The minimum atomic E-state index is -1.14. The van der Waals surface area contributed by atoms with E-state index in [-0.39, 0.29) is 16.7 Å². The summed E-state index contributed by atoms with van der Waals surface area (Å²) >= 11 is 3.35. The third-order valence-electron chi connectivity index (χ3n) is 4.72. The standard InChI is InChI=1S/C23H15BrN2O4/c24-20-6-2-5-16(26-20)9-13-7-8-19-17(10-13)22(28)18(12-25-19)21(27)14-3-1-4-15(11-14)23(29)30/h1-8,10-12H,9H2,(H,25,28)(H,29,30). The van der Waals surface area contributed by atoms with E-state index in [0.717, 1.165) is 15.9 Å². The van der Waals surface area contributed by atoms with E-state index >= 15 is 0 Å². The van der Waals surface area contributed by atoms with Gasteiger partial charge in [-0.3, -0.25) is 9.59 Å². The highest BCUT2D eigenvalue weighted by molar-refractivity contribution is 9.10.